The number of rotatable bonds is 37. The summed E-state index contributed by atoms with van der Waals surface area (Å²) in [6.45, 7) is 20.7. The van der Waals surface area contributed by atoms with Crippen LogP contribution < -0.4 is 28.7 Å². The number of ether oxygens (including phenoxy) is 4. The summed E-state index contributed by atoms with van der Waals surface area (Å²) < 4.78 is 25.2. The van der Waals surface area contributed by atoms with Crippen LogP contribution in [0.2, 0.25) is 0 Å². The Labute approximate surface area is 469 Å². The van der Waals surface area contributed by atoms with Crippen LogP contribution in [0.15, 0.2) is 146 Å². The third-order valence-corrected chi connectivity index (χ3v) is 15.5. The second-order valence-electron chi connectivity index (χ2n) is 21.3. The first kappa shape index (κ1) is 60.7. The van der Waals surface area contributed by atoms with Crippen molar-refractivity contribution in [3.63, 3.8) is 0 Å². The molecule has 6 aromatic rings. The normalized spacial score (nSPS) is 12.8. The first-order valence-corrected chi connectivity index (χ1v) is 30.0. The van der Waals surface area contributed by atoms with Crippen LogP contribution in [-0.2, 0) is 0 Å². The average Bonchev–Trinajstić information content (AvgIpc) is 3.49. The summed E-state index contributed by atoms with van der Waals surface area (Å²) in [6, 6.07) is 47.4. The van der Waals surface area contributed by atoms with Crippen LogP contribution in [0.4, 0.5) is 34.1 Å². The number of unbranched alkanes of at least 4 members (excludes halogenated alkanes) is 4. The fraction of sp³-hybridized carbons (Fsp3) is 0.457. The zero-order valence-corrected chi connectivity index (χ0v) is 48.7. The highest BCUT2D eigenvalue weighted by Crippen LogP contribution is 2.39. The lowest BCUT2D eigenvalue weighted by Crippen LogP contribution is -2.16. The van der Waals surface area contributed by atoms with Crippen molar-refractivity contribution in [2.24, 2.45) is 23.7 Å². The number of hydrogen-bond donors (Lipinski definition) is 0. The molecule has 6 aromatic carbocycles. The summed E-state index contributed by atoms with van der Waals surface area (Å²) in [6.07, 6.45) is 18.6. The van der Waals surface area contributed by atoms with Gasteiger partial charge in [-0.25, -0.2) is 0 Å². The van der Waals surface area contributed by atoms with Crippen molar-refractivity contribution in [3.8, 4) is 23.0 Å². The standard InChI is InChI=1S/C70H92N2O6/c1-9-17-21-53(13-5)49-75-65-41-33-61(34-42-65)71(62-35-43-66(44-36-62)76-50-54(14-6)22-18-10-2)59-29-25-57(26-30-59)69(73)70(74)58-27-31-60(32-28-58)72(63-37-45-67(46-38-63)77-51-55(15-7)23-19-11-3)64-39-47-68(48-40-64)78-52-56(16-8)24-20-12-4/h25-48,53-56H,9-24,49-52H2,1-8H3. The van der Waals surface area contributed by atoms with Gasteiger partial charge in [-0.2, -0.15) is 0 Å². The predicted octanol–water partition coefficient (Wildman–Crippen LogP) is 20.1. The molecular formula is C70H92N2O6. The number of nitrogens with zero attached hydrogens (tertiary/aromatic N) is 2. The smallest absolute Gasteiger partial charge is 0.233 e. The molecule has 4 unspecified atom stereocenters. The third-order valence-electron chi connectivity index (χ3n) is 15.5. The fourth-order valence-corrected chi connectivity index (χ4v) is 9.89. The second kappa shape index (κ2) is 33.0. The third kappa shape index (κ3) is 18.3. The highest BCUT2D eigenvalue weighted by molar-refractivity contribution is 6.49. The fourth-order valence-electron chi connectivity index (χ4n) is 9.89. The Morgan fingerprint density at radius 1 is 0.308 bits per heavy atom. The molecule has 8 heteroatoms. The number of hydrogen-bond acceptors (Lipinski definition) is 8. The van der Waals surface area contributed by atoms with Crippen LogP contribution in [0.3, 0.4) is 0 Å². The first-order chi connectivity index (χ1) is 38.1. The van der Waals surface area contributed by atoms with Crippen molar-refractivity contribution in [1.29, 1.82) is 0 Å². The molecule has 0 aliphatic rings. The van der Waals surface area contributed by atoms with E-state index in [2.05, 4.69) is 114 Å². The van der Waals surface area contributed by atoms with Gasteiger partial charge in [-0.3, -0.25) is 9.59 Å². The minimum Gasteiger partial charge on any atom is -0.493 e. The number of carbonyl (C=O) groups is 2. The largest absolute Gasteiger partial charge is 0.493 e. The lowest BCUT2D eigenvalue weighted by atomic mass is 10.0. The van der Waals surface area contributed by atoms with E-state index >= 15 is 0 Å². The molecule has 4 atom stereocenters. The van der Waals surface area contributed by atoms with Crippen molar-refractivity contribution in [2.45, 2.75) is 158 Å². The lowest BCUT2D eigenvalue weighted by Gasteiger charge is -2.26. The Morgan fingerprint density at radius 3 is 0.679 bits per heavy atom. The summed E-state index contributed by atoms with van der Waals surface area (Å²) in [7, 11) is 0. The van der Waals surface area contributed by atoms with Gasteiger partial charge in [0.2, 0.25) is 11.6 Å². The molecule has 0 spiro atoms. The van der Waals surface area contributed by atoms with Crippen LogP contribution >= 0.6 is 0 Å². The Morgan fingerprint density at radius 2 is 0.500 bits per heavy atom. The topological polar surface area (TPSA) is 77.5 Å². The zero-order chi connectivity index (χ0) is 55.5. The number of anilines is 6. The highest BCUT2D eigenvalue weighted by atomic mass is 16.5. The minimum absolute atomic E-state index is 0.319. The molecule has 0 N–H and O–H groups in total. The molecule has 0 saturated carbocycles. The number of benzene rings is 6. The number of Topliss-reactive ketones (excluding diaryl/α,β-unsaturated/α-hetero) is 2. The van der Waals surface area contributed by atoms with Crippen molar-refractivity contribution < 1.29 is 28.5 Å². The van der Waals surface area contributed by atoms with E-state index in [1.54, 1.807) is 24.3 Å². The van der Waals surface area contributed by atoms with Crippen molar-refractivity contribution in [3.05, 3.63) is 157 Å². The van der Waals surface area contributed by atoms with E-state index in [9.17, 15) is 9.59 Å². The summed E-state index contributed by atoms with van der Waals surface area (Å²) in [5, 5.41) is 0. The van der Waals surface area contributed by atoms with Crippen LogP contribution in [-0.4, -0.2) is 38.0 Å². The SMILES string of the molecule is CCCCC(CC)COc1ccc(N(c2ccc(OCC(CC)CCCC)cc2)c2ccc(C(=O)C(=O)c3ccc(N(c4ccc(OCC(CC)CCCC)cc4)c4ccc(OCC(CC)CCCC)cc4)cc3)cc2)cc1. The molecular weight excluding hydrogens is 965 g/mol. The Kier molecular flexibility index (Phi) is 25.7. The van der Waals surface area contributed by atoms with Crippen LogP contribution in [0.1, 0.15) is 179 Å². The maximum atomic E-state index is 14.1. The molecule has 0 amide bonds. The second-order valence-corrected chi connectivity index (χ2v) is 21.3. The summed E-state index contributed by atoms with van der Waals surface area (Å²) in [4.78, 5) is 32.4. The summed E-state index contributed by atoms with van der Waals surface area (Å²) >= 11 is 0. The number of ketones is 2. The maximum Gasteiger partial charge on any atom is 0.233 e. The van der Waals surface area contributed by atoms with E-state index in [0.29, 0.717) is 61.2 Å². The van der Waals surface area contributed by atoms with Gasteiger partial charge < -0.3 is 28.7 Å². The molecule has 0 aromatic heterocycles. The zero-order valence-electron chi connectivity index (χ0n) is 48.7. The van der Waals surface area contributed by atoms with Gasteiger partial charge in [-0.05, 0) is 195 Å². The van der Waals surface area contributed by atoms with E-state index in [4.69, 9.17) is 18.9 Å². The molecule has 418 valence electrons. The van der Waals surface area contributed by atoms with E-state index < -0.39 is 11.6 Å². The first-order valence-electron chi connectivity index (χ1n) is 30.0. The molecule has 0 bridgehead atoms. The van der Waals surface area contributed by atoms with Gasteiger partial charge in [-0.15, -0.1) is 0 Å². The van der Waals surface area contributed by atoms with Gasteiger partial charge in [0.1, 0.15) is 23.0 Å². The van der Waals surface area contributed by atoms with Gasteiger partial charge in [0.25, 0.3) is 0 Å². The number of carbonyl (C=O) groups excluding carboxylic acids is 2. The molecule has 78 heavy (non-hydrogen) atoms. The lowest BCUT2D eigenvalue weighted by molar-refractivity contribution is 0.0817. The molecule has 8 nitrogen and oxygen atoms in total. The summed E-state index contributed by atoms with van der Waals surface area (Å²) in [5.41, 5.74) is 6.06. The molecule has 6 rings (SSSR count). The Bertz CT molecular complexity index is 2300. The molecule has 0 aliphatic heterocycles. The predicted molar refractivity (Wildman–Crippen MR) is 326 cm³/mol. The molecule has 0 aliphatic carbocycles. The Balaban J connectivity index is 1.22. The van der Waals surface area contributed by atoms with Crippen LogP contribution in [0, 0.1) is 23.7 Å². The van der Waals surface area contributed by atoms with Crippen LogP contribution in [0.25, 0.3) is 0 Å². The maximum absolute atomic E-state index is 14.1. The highest BCUT2D eigenvalue weighted by Gasteiger charge is 2.22. The Hall–Kier alpha value is -6.54. The molecule has 0 radical (unpaired) electrons. The minimum atomic E-state index is -0.569. The monoisotopic (exact) mass is 1060 g/mol. The van der Waals surface area contributed by atoms with Crippen molar-refractivity contribution in [1.82, 2.24) is 0 Å². The van der Waals surface area contributed by atoms with Gasteiger partial charge in [0, 0.05) is 45.3 Å². The van der Waals surface area contributed by atoms with Gasteiger partial charge >= 0.3 is 0 Å². The van der Waals surface area contributed by atoms with Gasteiger partial charge in [-0.1, -0.05) is 132 Å². The van der Waals surface area contributed by atoms with Gasteiger partial charge in [0.05, 0.1) is 26.4 Å². The van der Waals surface area contributed by atoms with E-state index in [0.717, 1.165) is 82.8 Å². The molecule has 0 heterocycles. The van der Waals surface area contributed by atoms with E-state index in [1.165, 1.54) is 77.0 Å². The van der Waals surface area contributed by atoms with E-state index in [-0.39, 0.29) is 0 Å². The molecule has 0 fully saturated rings. The quantitative estimate of drug-likeness (QED) is 0.0282. The van der Waals surface area contributed by atoms with Crippen LogP contribution in [0.5, 0.6) is 23.0 Å². The van der Waals surface area contributed by atoms with Crippen molar-refractivity contribution in [2.75, 3.05) is 36.2 Å². The van der Waals surface area contributed by atoms with Gasteiger partial charge in [0.15, 0.2) is 0 Å². The summed E-state index contributed by atoms with van der Waals surface area (Å²) in [5.74, 6) is 4.31. The molecule has 0 saturated heterocycles. The average molecular weight is 1060 g/mol. The van der Waals surface area contributed by atoms with E-state index in [1.807, 2.05) is 72.8 Å². The van der Waals surface area contributed by atoms with Crippen molar-refractivity contribution >= 4 is 45.7 Å².